The number of benzene rings is 2. The number of aromatic nitrogens is 2. The maximum Gasteiger partial charge on any atom is 0.241 e. The van der Waals surface area contributed by atoms with Gasteiger partial charge in [-0.15, -0.1) is 0 Å². The number of para-hydroxylation sites is 1. The summed E-state index contributed by atoms with van der Waals surface area (Å²) in [6, 6.07) is 15.0. The van der Waals surface area contributed by atoms with Gasteiger partial charge in [0.2, 0.25) is 10.0 Å². The molecule has 0 amide bonds. The molecule has 0 saturated carbocycles. The molecule has 2 aromatic carbocycles. The number of rotatable bonds is 5. The molecule has 2 aromatic heterocycles. The van der Waals surface area contributed by atoms with Crippen LogP contribution in [0.2, 0.25) is 0 Å². The first-order chi connectivity index (χ1) is 12.6. The molecule has 0 atom stereocenters. The summed E-state index contributed by atoms with van der Waals surface area (Å²) in [7, 11) is -3.61. The molecular formula is C20H19N3O2S. The monoisotopic (exact) mass is 365 g/mol. The molecule has 2 N–H and O–H groups in total. The SMILES string of the molecule is Cc1ccc(S(=O)(=O)NCCc2c[nH]c3ccccc23)c2cccnc12. The number of fused-ring (bicyclic) bond motifs is 2. The Hall–Kier alpha value is -2.70. The molecule has 0 aliphatic heterocycles. The van der Waals surface area contributed by atoms with Gasteiger partial charge in [-0.05, 0) is 48.7 Å². The molecular weight excluding hydrogens is 346 g/mol. The summed E-state index contributed by atoms with van der Waals surface area (Å²) < 4.78 is 28.3. The molecule has 0 radical (unpaired) electrons. The Labute approximate surface area is 152 Å². The summed E-state index contributed by atoms with van der Waals surface area (Å²) in [5, 5.41) is 1.77. The molecule has 0 aliphatic rings. The van der Waals surface area contributed by atoms with E-state index >= 15 is 0 Å². The maximum atomic E-state index is 12.8. The third-order valence-electron chi connectivity index (χ3n) is 4.58. The number of nitrogens with one attached hydrogen (secondary N) is 2. The van der Waals surface area contributed by atoms with Crippen LogP contribution in [0, 0.1) is 6.92 Å². The predicted octanol–water partition coefficient (Wildman–Crippen LogP) is 3.55. The average molecular weight is 365 g/mol. The van der Waals surface area contributed by atoms with E-state index < -0.39 is 10.0 Å². The number of hydrogen-bond donors (Lipinski definition) is 2. The van der Waals surface area contributed by atoms with Crippen LogP contribution in [0.5, 0.6) is 0 Å². The molecule has 4 aromatic rings. The van der Waals surface area contributed by atoms with E-state index in [0.29, 0.717) is 23.9 Å². The van der Waals surface area contributed by atoms with Crippen molar-refractivity contribution in [2.75, 3.05) is 6.54 Å². The van der Waals surface area contributed by atoms with Gasteiger partial charge in [0.25, 0.3) is 0 Å². The Bertz CT molecular complexity index is 1200. The molecule has 132 valence electrons. The standard InChI is InChI=1S/C20H19N3O2S/c1-14-8-9-19(17-6-4-11-21-20(14)17)26(24,25)23-12-10-15-13-22-18-7-3-2-5-16(15)18/h2-9,11,13,22-23H,10,12H2,1H3. The number of sulfonamides is 1. The average Bonchev–Trinajstić information content (AvgIpc) is 3.05. The first-order valence-corrected chi connectivity index (χ1v) is 9.93. The zero-order valence-electron chi connectivity index (χ0n) is 14.4. The van der Waals surface area contributed by atoms with E-state index in [-0.39, 0.29) is 4.90 Å². The molecule has 0 unspecified atom stereocenters. The van der Waals surface area contributed by atoms with Crippen LogP contribution >= 0.6 is 0 Å². The molecule has 4 rings (SSSR count). The van der Waals surface area contributed by atoms with Crippen molar-refractivity contribution in [1.82, 2.24) is 14.7 Å². The van der Waals surface area contributed by atoms with E-state index in [1.54, 1.807) is 30.5 Å². The lowest BCUT2D eigenvalue weighted by Crippen LogP contribution is -2.26. The molecule has 2 heterocycles. The molecule has 0 spiro atoms. The van der Waals surface area contributed by atoms with Gasteiger partial charge in [0.1, 0.15) is 0 Å². The summed E-state index contributed by atoms with van der Waals surface area (Å²) in [5.74, 6) is 0. The van der Waals surface area contributed by atoms with Crippen LogP contribution in [0.1, 0.15) is 11.1 Å². The largest absolute Gasteiger partial charge is 0.361 e. The van der Waals surface area contributed by atoms with E-state index in [4.69, 9.17) is 0 Å². The lowest BCUT2D eigenvalue weighted by molar-refractivity contribution is 0.582. The number of aromatic amines is 1. The van der Waals surface area contributed by atoms with Crippen molar-refractivity contribution < 1.29 is 8.42 Å². The number of hydrogen-bond acceptors (Lipinski definition) is 3. The van der Waals surface area contributed by atoms with Crippen molar-refractivity contribution in [2.24, 2.45) is 0 Å². The van der Waals surface area contributed by atoms with E-state index in [9.17, 15) is 8.42 Å². The summed E-state index contributed by atoms with van der Waals surface area (Å²) in [6.07, 6.45) is 4.23. The Balaban J connectivity index is 1.58. The van der Waals surface area contributed by atoms with Crippen molar-refractivity contribution >= 4 is 31.8 Å². The van der Waals surface area contributed by atoms with Crippen molar-refractivity contribution in [2.45, 2.75) is 18.2 Å². The van der Waals surface area contributed by atoms with Crippen molar-refractivity contribution in [3.63, 3.8) is 0 Å². The predicted molar refractivity (Wildman–Crippen MR) is 104 cm³/mol. The van der Waals surface area contributed by atoms with Gasteiger partial charge >= 0.3 is 0 Å². The van der Waals surface area contributed by atoms with Gasteiger partial charge in [-0.3, -0.25) is 4.98 Å². The highest BCUT2D eigenvalue weighted by Gasteiger charge is 2.18. The zero-order chi connectivity index (χ0) is 18.1. The highest BCUT2D eigenvalue weighted by atomic mass is 32.2. The van der Waals surface area contributed by atoms with Gasteiger partial charge in [0.05, 0.1) is 10.4 Å². The smallest absolute Gasteiger partial charge is 0.241 e. The molecule has 26 heavy (non-hydrogen) atoms. The van der Waals surface area contributed by atoms with Crippen molar-refractivity contribution in [3.05, 3.63) is 72.1 Å². The van der Waals surface area contributed by atoms with Crippen molar-refractivity contribution in [3.8, 4) is 0 Å². The van der Waals surface area contributed by atoms with Gasteiger partial charge in [-0.25, -0.2) is 13.1 Å². The van der Waals surface area contributed by atoms with Crippen LogP contribution in [-0.2, 0) is 16.4 Å². The normalized spacial score (nSPS) is 12.0. The van der Waals surface area contributed by atoms with Gasteiger partial charge in [-0.1, -0.05) is 24.3 Å². The first-order valence-electron chi connectivity index (χ1n) is 8.45. The second-order valence-electron chi connectivity index (χ2n) is 6.29. The number of aryl methyl sites for hydroxylation is 1. The number of pyridine rings is 1. The van der Waals surface area contributed by atoms with Gasteiger partial charge in [0, 0.05) is 35.2 Å². The summed E-state index contributed by atoms with van der Waals surface area (Å²) >= 11 is 0. The summed E-state index contributed by atoms with van der Waals surface area (Å²) in [4.78, 5) is 7.79. The minimum absolute atomic E-state index is 0.269. The van der Waals surface area contributed by atoms with Crippen LogP contribution in [0.25, 0.3) is 21.8 Å². The van der Waals surface area contributed by atoms with Crippen molar-refractivity contribution in [1.29, 1.82) is 0 Å². The van der Waals surface area contributed by atoms with Gasteiger partial charge < -0.3 is 4.98 Å². The fraction of sp³-hybridized carbons (Fsp3) is 0.150. The maximum absolute atomic E-state index is 12.8. The molecule has 6 heteroatoms. The Morgan fingerprint density at radius 1 is 1.04 bits per heavy atom. The molecule has 0 fully saturated rings. The van der Waals surface area contributed by atoms with E-state index in [1.807, 2.05) is 37.4 Å². The topological polar surface area (TPSA) is 74.8 Å². The fourth-order valence-corrected chi connectivity index (χ4v) is 4.49. The van der Waals surface area contributed by atoms with Crippen LogP contribution in [0.15, 0.2) is 65.8 Å². The Kier molecular flexibility index (Phi) is 4.22. The quantitative estimate of drug-likeness (QED) is 0.568. The molecule has 0 saturated heterocycles. The van der Waals surface area contributed by atoms with E-state index in [0.717, 1.165) is 22.0 Å². The van der Waals surface area contributed by atoms with Gasteiger partial charge in [-0.2, -0.15) is 0 Å². The fourth-order valence-electron chi connectivity index (χ4n) is 3.26. The summed E-state index contributed by atoms with van der Waals surface area (Å²) in [6.45, 7) is 2.26. The van der Waals surface area contributed by atoms with Gasteiger partial charge in [0.15, 0.2) is 0 Å². The Morgan fingerprint density at radius 3 is 2.73 bits per heavy atom. The highest BCUT2D eigenvalue weighted by molar-refractivity contribution is 7.89. The summed E-state index contributed by atoms with van der Waals surface area (Å²) in [5.41, 5.74) is 3.82. The van der Waals surface area contributed by atoms with Crippen LogP contribution < -0.4 is 4.72 Å². The zero-order valence-corrected chi connectivity index (χ0v) is 15.2. The molecule has 5 nitrogen and oxygen atoms in total. The minimum Gasteiger partial charge on any atom is -0.361 e. The second-order valence-corrected chi connectivity index (χ2v) is 8.02. The third-order valence-corrected chi connectivity index (χ3v) is 6.10. The minimum atomic E-state index is -3.61. The molecule has 0 aliphatic carbocycles. The van der Waals surface area contributed by atoms with E-state index in [1.165, 1.54) is 0 Å². The van der Waals surface area contributed by atoms with Crippen LogP contribution in [0.4, 0.5) is 0 Å². The van der Waals surface area contributed by atoms with E-state index in [2.05, 4.69) is 14.7 Å². The highest BCUT2D eigenvalue weighted by Crippen LogP contribution is 2.24. The lowest BCUT2D eigenvalue weighted by Gasteiger charge is -2.10. The second kappa shape index (κ2) is 6.55. The number of H-pyrrole nitrogens is 1. The Morgan fingerprint density at radius 2 is 1.85 bits per heavy atom. The number of nitrogens with zero attached hydrogens (tertiary/aromatic N) is 1. The van der Waals surface area contributed by atoms with Crippen LogP contribution in [-0.4, -0.2) is 24.9 Å². The third kappa shape index (κ3) is 2.98. The molecule has 0 bridgehead atoms. The lowest BCUT2D eigenvalue weighted by atomic mass is 10.1. The first kappa shape index (κ1) is 16.8. The van der Waals surface area contributed by atoms with Crippen LogP contribution in [0.3, 0.4) is 0 Å².